The van der Waals surface area contributed by atoms with Crippen molar-refractivity contribution in [2.75, 3.05) is 6.54 Å². The zero-order valence-corrected chi connectivity index (χ0v) is 12.0. The lowest BCUT2D eigenvalue weighted by molar-refractivity contribution is -0.139. The lowest BCUT2D eigenvalue weighted by Gasteiger charge is -2.27. The topological polar surface area (TPSA) is 40.5 Å². The van der Waals surface area contributed by atoms with E-state index >= 15 is 0 Å². The van der Waals surface area contributed by atoms with Gasteiger partial charge in [-0.1, -0.05) is 49.4 Å². The summed E-state index contributed by atoms with van der Waals surface area (Å²) in [4.78, 5) is 13.1. The molecule has 0 bridgehead atoms. The molecule has 0 radical (unpaired) electrons. The van der Waals surface area contributed by atoms with Gasteiger partial charge < -0.3 is 5.11 Å². The Kier molecular flexibility index (Phi) is 4.74. The highest BCUT2D eigenvalue weighted by Gasteiger charge is 2.16. The summed E-state index contributed by atoms with van der Waals surface area (Å²) in [6, 6.07) is 14.7. The summed E-state index contributed by atoms with van der Waals surface area (Å²) in [5.41, 5.74) is 1.18. The highest BCUT2D eigenvalue weighted by Crippen LogP contribution is 2.21. The second kappa shape index (κ2) is 6.53. The van der Waals surface area contributed by atoms with Crippen LogP contribution in [-0.4, -0.2) is 28.6 Å². The van der Waals surface area contributed by atoms with E-state index in [0.29, 0.717) is 6.54 Å². The maximum atomic E-state index is 11.0. The van der Waals surface area contributed by atoms with E-state index in [9.17, 15) is 4.79 Å². The summed E-state index contributed by atoms with van der Waals surface area (Å²) >= 11 is 0. The number of aliphatic carboxylic acids is 1. The number of carboxylic acids is 1. The largest absolute Gasteiger partial charge is 0.480 e. The second-order valence-corrected chi connectivity index (χ2v) is 5.19. The molecule has 0 fully saturated rings. The Hall–Kier alpha value is -1.87. The monoisotopic (exact) mass is 271 g/mol. The van der Waals surface area contributed by atoms with E-state index in [2.05, 4.69) is 38.1 Å². The zero-order chi connectivity index (χ0) is 14.5. The molecule has 0 aliphatic carbocycles. The first-order valence-corrected chi connectivity index (χ1v) is 7.04. The predicted octanol–water partition coefficient (Wildman–Crippen LogP) is 3.52. The molecule has 20 heavy (non-hydrogen) atoms. The molecule has 0 aliphatic heterocycles. The average molecular weight is 271 g/mol. The van der Waals surface area contributed by atoms with Gasteiger partial charge in [0.25, 0.3) is 0 Å². The van der Waals surface area contributed by atoms with Crippen molar-refractivity contribution in [3.05, 3.63) is 48.0 Å². The van der Waals surface area contributed by atoms with Crippen LogP contribution in [0.15, 0.2) is 42.5 Å². The standard InChI is InChI=1S/C17H21NO2/c1-3-13(2)18(12-17(19)20)11-15-9-6-8-14-7-4-5-10-16(14)15/h4-10,13H,3,11-12H2,1-2H3,(H,19,20). The van der Waals surface area contributed by atoms with E-state index in [1.54, 1.807) is 0 Å². The summed E-state index contributed by atoms with van der Waals surface area (Å²) in [7, 11) is 0. The average Bonchev–Trinajstić information content (AvgIpc) is 2.45. The summed E-state index contributed by atoms with van der Waals surface area (Å²) < 4.78 is 0. The molecule has 1 unspecified atom stereocenters. The summed E-state index contributed by atoms with van der Waals surface area (Å²) in [5.74, 6) is -0.773. The Bertz CT molecular complexity index is 589. The van der Waals surface area contributed by atoms with Crippen LogP contribution in [0.25, 0.3) is 10.8 Å². The van der Waals surface area contributed by atoms with Gasteiger partial charge in [-0.05, 0) is 29.7 Å². The van der Waals surface area contributed by atoms with Crippen LogP contribution in [0.3, 0.4) is 0 Å². The van der Waals surface area contributed by atoms with Gasteiger partial charge in [0.05, 0.1) is 6.54 Å². The Morgan fingerprint density at radius 3 is 2.60 bits per heavy atom. The molecule has 0 heterocycles. The molecule has 0 aliphatic rings. The van der Waals surface area contributed by atoms with E-state index < -0.39 is 5.97 Å². The molecule has 2 aromatic rings. The van der Waals surface area contributed by atoms with Crippen LogP contribution in [0.2, 0.25) is 0 Å². The molecule has 2 aromatic carbocycles. The molecular weight excluding hydrogens is 250 g/mol. The van der Waals surface area contributed by atoms with Crippen LogP contribution in [-0.2, 0) is 11.3 Å². The number of hydrogen-bond acceptors (Lipinski definition) is 2. The van der Waals surface area contributed by atoms with E-state index in [0.717, 1.165) is 6.42 Å². The maximum absolute atomic E-state index is 11.0. The number of benzene rings is 2. The van der Waals surface area contributed by atoms with Gasteiger partial charge in [0, 0.05) is 12.6 Å². The van der Waals surface area contributed by atoms with Crippen LogP contribution in [0.4, 0.5) is 0 Å². The molecule has 0 aromatic heterocycles. The minimum Gasteiger partial charge on any atom is -0.480 e. The van der Waals surface area contributed by atoms with Gasteiger partial charge in [0.1, 0.15) is 0 Å². The van der Waals surface area contributed by atoms with Gasteiger partial charge >= 0.3 is 5.97 Å². The van der Waals surface area contributed by atoms with E-state index in [4.69, 9.17) is 5.11 Å². The van der Waals surface area contributed by atoms with Crippen LogP contribution in [0.1, 0.15) is 25.8 Å². The predicted molar refractivity (Wildman–Crippen MR) is 81.7 cm³/mol. The molecule has 1 N–H and O–H groups in total. The van der Waals surface area contributed by atoms with E-state index in [-0.39, 0.29) is 12.6 Å². The molecular formula is C17H21NO2. The summed E-state index contributed by atoms with van der Waals surface area (Å²) in [6.45, 7) is 4.91. The first-order valence-electron chi connectivity index (χ1n) is 7.04. The van der Waals surface area contributed by atoms with Crippen molar-refractivity contribution in [1.29, 1.82) is 0 Å². The lowest BCUT2D eigenvalue weighted by atomic mass is 10.0. The van der Waals surface area contributed by atoms with Gasteiger partial charge in [0.15, 0.2) is 0 Å². The minimum absolute atomic E-state index is 0.0816. The number of carbonyl (C=O) groups is 1. The first-order chi connectivity index (χ1) is 9.61. The quantitative estimate of drug-likeness (QED) is 0.873. The van der Waals surface area contributed by atoms with Crippen LogP contribution < -0.4 is 0 Å². The Morgan fingerprint density at radius 1 is 1.20 bits per heavy atom. The number of carboxylic acid groups (broad SMARTS) is 1. The Balaban J connectivity index is 2.30. The van der Waals surface area contributed by atoms with Crippen LogP contribution in [0.5, 0.6) is 0 Å². The van der Waals surface area contributed by atoms with Gasteiger partial charge in [-0.2, -0.15) is 0 Å². The highest BCUT2D eigenvalue weighted by molar-refractivity contribution is 5.85. The fourth-order valence-corrected chi connectivity index (χ4v) is 2.45. The fraction of sp³-hybridized carbons (Fsp3) is 0.353. The molecule has 0 amide bonds. The molecule has 3 nitrogen and oxygen atoms in total. The SMILES string of the molecule is CCC(C)N(CC(=O)O)Cc1cccc2ccccc12. The number of rotatable bonds is 6. The Morgan fingerprint density at radius 2 is 1.90 bits per heavy atom. The number of hydrogen-bond donors (Lipinski definition) is 1. The van der Waals surface area contributed by atoms with E-state index in [1.165, 1.54) is 16.3 Å². The molecule has 0 spiro atoms. The smallest absolute Gasteiger partial charge is 0.317 e. The first kappa shape index (κ1) is 14.5. The normalized spacial score (nSPS) is 12.8. The Labute approximate surface area is 119 Å². The zero-order valence-electron chi connectivity index (χ0n) is 12.0. The van der Waals surface area contributed by atoms with Crippen LogP contribution >= 0.6 is 0 Å². The molecule has 1 atom stereocenters. The van der Waals surface area contributed by atoms with Crippen molar-refractivity contribution in [3.63, 3.8) is 0 Å². The van der Waals surface area contributed by atoms with Crippen molar-refractivity contribution in [2.24, 2.45) is 0 Å². The maximum Gasteiger partial charge on any atom is 0.317 e. The van der Waals surface area contributed by atoms with Crippen molar-refractivity contribution >= 4 is 16.7 Å². The number of nitrogens with zero attached hydrogens (tertiary/aromatic N) is 1. The molecule has 3 heteroatoms. The van der Waals surface area contributed by atoms with E-state index in [1.807, 2.05) is 23.1 Å². The van der Waals surface area contributed by atoms with Crippen molar-refractivity contribution in [2.45, 2.75) is 32.9 Å². The third-order valence-corrected chi connectivity index (χ3v) is 3.81. The van der Waals surface area contributed by atoms with Crippen molar-refractivity contribution < 1.29 is 9.90 Å². The van der Waals surface area contributed by atoms with Gasteiger partial charge in [-0.3, -0.25) is 9.69 Å². The third-order valence-electron chi connectivity index (χ3n) is 3.81. The summed E-state index contributed by atoms with van der Waals surface area (Å²) in [5, 5.41) is 11.5. The van der Waals surface area contributed by atoms with Gasteiger partial charge in [-0.25, -0.2) is 0 Å². The fourth-order valence-electron chi connectivity index (χ4n) is 2.45. The number of fused-ring (bicyclic) bond motifs is 1. The van der Waals surface area contributed by atoms with Crippen LogP contribution in [0, 0.1) is 0 Å². The third kappa shape index (κ3) is 3.36. The molecule has 106 valence electrons. The second-order valence-electron chi connectivity index (χ2n) is 5.19. The summed E-state index contributed by atoms with van der Waals surface area (Å²) in [6.07, 6.45) is 0.943. The van der Waals surface area contributed by atoms with Crippen molar-refractivity contribution in [3.8, 4) is 0 Å². The highest BCUT2D eigenvalue weighted by atomic mass is 16.4. The van der Waals surface area contributed by atoms with Crippen molar-refractivity contribution in [1.82, 2.24) is 4.90 Å². The molecule has 0 saturated carbocycles. The van der Waals surface area contributed by atoms with Gasteiger partial charge in [0.2, 0.25) is 0 Å². The minimum atomic E-state index is -0.773. The molecule has 2 rings (SSSR count). The lowest BCUT2D eigenvalue weighted by Crippen LogP contribution is -2.36. The van der Waals surface area contributed by atoms with Gasteiger partial charge in [-0.15, -0.1) is 0 Å². The molecule has 0 saturated heterocycles.